The molecule has 0 atom stereocenters. The molecular formula is C14H22F2N2. The average molecular weight is 256 g/mol. The predicted octanol–water partition coefficient (Wildman–Crippen LogP) is 3.65. The van der Waals surface area contributed by atoms with Crippen LogP contribution in [0.4, 0.5) is 8.78 Å². The van der Waals surface area contributed by atoms with E-state index in [0.29, 0.717) is 19.6 Å². The summed E-state index contributed by atoms with van der Waals surface area (Å²) in [5.74, 6) is -2.46. The molecule has 1 aromatic heterocycles. The maximum absolute atomic E-state index is 12.9. The fourth-order valence-electron chi connectivity index (χ4n) is 1.95. The van der Waals surface area contributed by atoms with Gasteiger partial charge in [0.1, 0.15) is 0 Å². The number of aryl methyl sites for hydroxylation is 1. The van der Waals surface area contributed by atoms with Gasteiger partial charge in [-0.25, -0.2) is 8.78 Å². The van der Waals surface area contributed by atoms with Crippen molar-refractivity contribution in [2.45, 2.75) is 46.1 Å². The van der Waals surface area contributed by atoms with Crippen LogP contribution in [-0.2, 0) is 6.54 Å². The molecule has 18 heavy (non-hydrogen) atoms. The first-order chi connectivity index (χ1) is 8.55. The second kappa shape index (κ2) is 6.78. The number of likely N-dealkylation sites (tertiary alicyclic amines) is 1. The second-order valence-electron chi connectivity index (χ2n) is 4.40. The Morgan fingerprint density at radius 2 is 1.83 bits per heavy atom. The van der Waals surface area contributed by atoms with Gasteiger partial charge >= 0.3 is 0 Å². The quantitative estimate of drug-likeness (QED) is 0.803. The third-order valence-corrected chi connectivity index (χ3v) is 2.92. The van der Waals surface area contributed by atoms with Crippen LogP contribution in [0.2, 0.25) is 0 Å². The highest BCUT2D eigenvalue weighted by Gasteiger charge is 2.33. The van der Waals surface area contributed by atoms with Gasteiger partial charge in [-0.2, -0.15) is 0 Å². The lowest BCUT2D eigenvalue weighted by atomic mass is 10.1. The summed E-state index contributed by atoms with van der Waals surface area (Å²) in [5, 5.41) is 0. The van der Waals surface area contributed by atoms with Gasteiger partial charge < -0.3 is 0 Å². The molecular weight excluding hydrogens is 234 g/mol. The minimum Gasteiger partial charge on any atom is -0.297 e. The highest BCUT2D eigenvalue weighted by molar-refractivity contribution is 5.09. The predicted molar refractivity (Wildman–Crippen MR) is 69.8 cm³/mol. The van der Waals surface area contributed by atoms with E-state index in [2.05, 4.69) is 4.98 Å². The number of pyridine rings is 1. The van der Waals surface area contributed by atoms with Crippen molar-refractivity contribution < 1.29 is 8.78 Å². The number of nitrogens with zero attached hydrogens (tertiary/aromatic N) is 2. The van der Waals surface area contributed by atoms with Gasteiger partial charge in [-0.1, -0.05) is 19.9 Å². The number of alkyl halides is 2. The minimum atomic E-state index is -2.46. The molecule has 1 fully saturated rings. The minimum absolute atomic E-state index is 0.0290. The number of halogens is 2. The highest BCUT2D eigenvalue weighted by atomic mass is 19.3. The number of piperidine rings is 1. The zero-order valence-corrected chi connectivity index (χ0v) is 11.4. The summed E-state index contributed by atoms with van der Waals surface area (Å²) in [6, 6.07) is 5.84. The molecule has 0 aliphatic carbocycles. The summed E-state index contributed by atoms with van der Waals surface area (Å²) in [6.07, 6.45) is -0.0579. The van der Waals surface area contributed by atoms with Crippen molar-refractivity contribution in [1.29, 1.82) is 0 Å². The van der Waals surface area contributed by atoms with E-state index in [0.717, 1.165) is 11.4 Å². The maximum atomic E-state index is 12.9. The molecule has 0 unspecified atom stereocenters. The van der Waals surface area contributed by atoms with Crippen LogP contribution in [-0.4, -0.2) is 28.9 Å². The number of hydrogen-bond donors (Lipinski definition) is 0. The van der Waals surface area contributed by atoms with Crippen LogP contribution in [0.3, 0.4) is 0 Å². The lowest BCUT2D eigenvalue weighted by Gasteiger charge is -2.31. The topological polar surface area (TPSA) is 16.1 Å². The van der Waals surface area contributed by atoms with Crippen LogP contribution in [0.15, 0.2) is 18.2 Å². The van der Waals surface area contributed by atoms with Crippen molar-refractivity contribution >= 4 is 0 Å². The average Bonchev–Trinajstić information content (AvgIpc) is 2.35. The molecule has 2 nitrogen and oxygen atoms in total. The van der Waals surface area contributed by atoms with E-state index in [1.54, 1.807) is 0 Å². The molecule has 0 N–H and O–H groups in total. The normalized spacial score (nSPS) is 18.9. The van der Waals surface area contributed by atoms with E-state index < -0.39 is 5.92 Å². The lowest BCUT2D eigenvalue weighted by molar-refractivity contribution is -0.0568. The molecule has 0 spiro atoms. The zero-order chi connectivity index (χ0) is 13.6. The van der Waals surface area contributed by atoms with Gasteiger partial charge in [0.2, 0.25) is 0 Å². The Kier molecular flexibility index (Phi) is 5.66. The van der Waals surface area contributed by atoms with Gasteiger partial charge in [-0.05, 0) is 19.1 Å². The molecule has 102 valence electrons. The van der Waals surface area contributed by atoms with E-state index in [4.69, 9.17) is 0 Å². The zero-order valence-electron chi connectivity index (χ0n) is 11.4. The molecule has 0 aromatic carbocycles. The van der Waals surface area contributed by atoms with E-state index >= 15 is 0 Å². The molecule has 0 amide bonds. The van der Waals surface area contributed by atoms with Crippen LogP contribution in [0.5, 0.6) is 0 Å². The van der Waals surface area contributed by atoms with Crippen LogP contribution in [0, 0.1) is 6.92 Å². The molecule has 0 radical (unpaired) electrons. The van der Waals surface area contributed by atoms with Crippen molar-refractivity contribution in [3.8, 4) is 0 Å². The standard InChI is InChI=1S/C12H16F2N2.C2H6/c1-10-3-2-4-11(15-10)9-16-7-5-12(13,14)6-8-16;1-2/h2-4H,5-9H2,1H3;1-2H3. The van der Waals surface area contributed by atoms with Gasteiger partial charge in [-0.3, -0.25) is 9.88 Å². The maximum Gasteiger partial charge on any atom is 0.250 e. The molecule has 1 saturated heterocycles. The van der Waals surface area contributed by atoms with E-state index in [-0.39, 0.29) is 12.8 Å². The van der Waals surface area contributed by atoms with Crippen LogP contribution < -0.4 is 0 Å². The van der Waals surface area contributed by atoms with Crippen molar-refractivity contribution in [2.75, 3.05) is 13.1 Å². The first-order valence-corrected chi connectivity index (χ1v) is 6.58. The monoisotopic (exact) mass is 256 g/mol. The number of aromatic nitrogens is 1. The Hall–Kier alpha value is -1.03. The molecule has 0 saturated carbocycles. The SMILES string of the molecule is CC.Cc1cccc(CN2CCC(F)(F)CC2)n1. The first kappa shape index (κ1) is 15.0. The largest absolute Gasteiger partial charge is 0.297 e. The Morgan fingerprint density at radius 3 is 2.39 bits per heavy atom. The molecule has 1 aromatic rings. The second-order valence-corrected chi connectivity index (χ2v) is 4.40. The molecule has 1 aliphatic rings. The molecule has 2 rings (SSSR count). The lowest BCUT2D eigenvalue weighted by Crippen LogP contribution is -2.38. The summed E-state index contributed by atoms with van der Waals surface area (Å²) in [7, 11) is 0. The first-order valence-electron chi connectivity index (χ1n) is 6.58. The van der Waals surface area contributed by atoms with E-state index in [9.17, 15) is 8.78 Å². The van der Waals surface area contributed by atoms with Gasteiger partial charge in [-0.15, -0.1) is 0 Å². The molecule has 1 aliphatic heterocycles. The Labute approximate surface area is 108 Å². The van der Waals surface area contributed by atoms with Crippen molar-refractivity contribution in [3.05, 3.63) is 29.6 Å². The number of hydrogen-bond acceptors (Lipinski definition) is 2. The van der Waals surface area contributed by atoms with Crippen LogP contribution in [0.1, 0.15) is 38.1 Å². The van der Waals surface area contributed by atoms with Crippen molar-refractivity contribution in [2.24, 2.45) is 0 Å². The fourth-order valence-corrected chi connectivity index (χ4v) is 1.95. The van der Waals surface area contributed by atoms with Gasteiger partial charge in [0.15, 0.2) is 0 Å². The Morgan fingerprint density at radius 1 is 1.22 bits per heavy atom. The summed E-state index contributed by atoms with van der Waals surface area (Å²) in [4.78, 5) is 6.42. The molecule has 4 heteroatoms. The van der Waals surface area contributed by atoms with E-state index in [1.165, 1.54) is 0 Å². The Balaban J connectivity index is 0.000000771. The van der Waals surface area contributed by atoms with Crippen molar-refractivity contribution in [3.63, 3.8) is 0 Å². The summed E-state index contributed by atoms with van der Waals surface area (Å²) in [6.45, 7) is 7.54. The summed E-state index contributed by atoms with van der Waals surface area (Å²) in [5.41, 5.74) is 1.94. The Bertz CT molecular complexity index is 357. The number of rotatable bonds is 2. The summed E-state index contributed by atoms with van der Waals surface area (Å²) >= 11 is 0. The van der Waals surface area contributed by atoms with Gasteiger partial charge in [0, 0.05) is 38.2 Å². The van der Waals surface area contributed by atoms with Crippen molar-refractivity contribution in [1.82, 2.24) is 9.88 Å². The highest BCUT2D eigenvalue weighted by Crippen LogP contribution is 2.28. The van der Waals surface area contributed by atoms with Gasteiger partial charge in [0.25, 0.3) is 5.92 Å². The van der Waals surface area contributed by atoms with Crippen LogP contribution >= 0.6 is 0 Å². The van der Waals surface area contributed by atoms with E-state index in [1.807, 2.05) is 43.9 Å². The molecule has 0 bridgehead atoms. The third kappa shape index (κ3) is 4.69. The fraction of sp³-hybridized carbons (Fsp3) is 0.643. The summed E-state index contributed by atoms with van der Waals surface area (Å²) < 4.78 is 25.9. The van der Waals surface area contributed by atoms with Crippen LogP contribution in [0.25, 0.3) is 0 Å². The van der Waals surface area contributed by atoms with Gasteiger partial charge in [0.05, 0.1) is 5.69 Å². The smallest absolute Gasteiger partial charge is 0.250 e. The third-order valence-electron chi connectivity index (χ3n) is 2.92. The molecule has 2 heterocycles.